The lowest BCUT2D eigenvalue weighted by Crippen LogP contribution is -2.32. The van der Waals surface area contributed by atoms with E-state index < -0.39 is 0 Å². The number of nitrogens with one attached hydrogen (secondary N) is 1. The van der Waals surface area contributed by atoms with Gasteiger partial charge in [0.15, 0.2) is 0 Å². The molecule has 0 heterocycles. The Hall–Kier alpha value is -0.340. The molecule has 100 valence electrons. The van der Waals surface area contributed by atoms with E-state index in [0.717, 1.165) is 0 Å². The molecule has 0 radical (unpaired) electrons. The zero-order valence-electron chi connectivity index (χ0n) is 11.9. The zero-order valence-corrected chi connectivity index (χ0v) is 13.5. The second-order valence-electron chi connectivity index (χ2n) is 6.04. The van der Waals surface area contributed by atoms with Gasteiger partial charge in [-0.1, -0.05) is 41.8 Å². The largest absolute Gasteiger partial charge is 0.313 e. The van der Waals surface area contributed by atoms with Crippen LogP contribution in [0.15, 0.2) is 16.6 Å². The van der Waals surface area contributed by atoms with Crippen molar-refractivity contribution in [1.29, 1.82) is 0 Å². The molecule has 1 aliphatic rings. The smallest absolute Gasteiger partial charge is 0.0374 e. The van der Waals surface area contributed by atoms with Gasteiger partial charge in [-0.25, -0.2) is 0 Å². The summed E-state index contributed by atoms with van der Waals surface area (Å²) in [5, 5.41) is 3.57. The molecule has 1 unspecified atom stereocenters. The van der Waals surface area contributed by atoms with Crippen LogP contribution in [0.4, 0.5) is 0 Å². The molecule has 1 N–H and O–H groups in total. The number of benzene rings is 1. The highest BCUT2D eigenvalue weighted by atomic mass is 79.9. The maximum atomic E-state index is 3.63. The minimum absolute atomic E-state index is 0.416. The lowest BCUT2D eigenvalue weighted by molar-refractivity contribution is 0.233. The molecule has 1 aliphatic carbocycles. The lowest BCUT2D eigenvalue weighted by atomic mass is 9.76. The molecule has 1 aromatic carbocycles. The quantitative estimate of drug-likeness (QED) is 0.836. The van der Waals surface area contributed by atoms with Crippen LogP contribution in [-0.2, 0) is 0 Å². The van der Waals surface area contributed by atoms with Gasteiger partial charge >= 0.3 is 0 Å². The van der Waals surface area contributed by atoms with Crippen LogP contribution in [-0.4, -0.2) is 7.05 Å². The van der Waals surface area contributed by atoms with Gasteiger partial charge in [0.1, 0.15) is 0 Å². The minimum atomic E-state index is 0.416. The summed E-state index contributed by atoms with van der Waals surface area (Å²) in [6.45, 7) is 6.84. The Morgan fingerprint density at radius 3 is 2.33 bits per heavy atom. The Labute approximate surface area is 119 Å². The van der Waals surface area contributed by atoms with Gasteiger partial charge in [-0.05, 0) is 61.9 Å². The zero-order chi connectivity index (χ0) is 13.3. The fourth-order valence-electron chi connectivity index (χ4n) is 3.47. The summed E-state index contributed by atoms with van der Waals surface area (Å²) >= 11 is 3.63. The number of hydrogen-bond donors (Lipinski definition) is 1. The van der Waals surface area contributed by atoms with E-state index in [1.807, 2.05) is 0 Å². The second-order valence-corrected chi connectivity index (χ2v) is 6.90. The van der Waals surface area contributed by atoms with Crippen molar-refractivity contribution in [3.63, 3.8) is 0 Å². The molecule has 0 saturated heterocycles. The molecule has 1 atom stereocenters. The SMILES string of the molecule is CNC(c1cc(C)c(Br)cc1C)C1(C)CCCC1. The summed E-state index contributed by atoms with van der Waals surface area (Å²) in [6.07, 6.45) is 5.44. The van der Waals surface area contributed by atoms with Gasteiger partial charge in [0.2, 0.25) is 0 Å². The summed E-state index contributed by atoms with van der Waals surface area (Å²) < 4.78 is 1.22. The third kappa shape index (κ3) is 2.50. The monoisotopic (exact) mass is 309 g/mol. The van der Waals surface area contributed by atoms with Gasteiger partial charge in [-0.15, -0.1) is 0 Å². The summed E-state index contributed by atoms with van der Waals surface area (Å²) in [5.74, 6) is 0. The Morgan fingerprint density at radius 1 is 1.17 bits per heavy atom. The second kappa shape index (κ2) is 5.34. The molecule has 1 fully saturated rings. The van der Waals surface area contributed by atoms with Crippen LogP contribution in [0.25, 0.3) is 0 Å². The van der Waals surface area contributed by atoms with E-state index in [4.69, 9.17) is 0 Å². The Balaban J connectivity index is 2.41. The topological polar surface area (TPSA) is 12.0 Å². The molecule has 1 aromatic rings. The van der Waals surface area contributed by atoms with Crippen LogP contribution in [0.5, 0.6) is 0 Å². The van der Waals surface area contributed by atoms with E-state index >= 15 is 0 Å². The molecule has 18 heavy (non-hydrogen) atoms. The number of halogens is 1. The number of rotatable bonds is 3. The van der Waals surface area contributed by atoms with E-state index in [2.05, 4.69) is 61.2 Å². The third-order valence-corrected chi connectivity index (χ3v) is 5.44. The molecule has 1 saturated carbocycles. The highest BCUT2D eigenvalue weighted by Gasteiger charge is 2.37. The van der Waals surface area contributed by atoms with Crippen molar-refractivity contribution in [2.75, 3.05) is 7.05 Å². The maximum Gasteiger partial charge on any atom is 0.0374 e. The highest BCUT2D eigenvalue weighted by molar-refractivity contribution is 9.10. The first-order chi connectivity index (χ1) is 8.48. The van der Waals surface area contributed by atoms with E-state index in [0.29, 0.717) is 11.5 Å². The van der Waals surface area contributed by atoms with Crippen LogP contribution in [0, 0.1) is 19.3 Å². The van der Waals surface area contributed by atoms with Crippen molar-refractivity contribution >= 4 is 15.9 Å². The standard InChI is InChI=1S/C16H24BrN/c1-11-10-14(17)12(2)9-13(11)15(18-4)16(3)7-5-6-8-16/h9-10,15,18H,5-8H2,1-4H3. The summed E-state index contributed by atoms with van der Waals surface area (Å²) in [5.41, 5.74) is 4.61. The van der Waals surface area contributed by atoms with Crippen molar-refractivity contribution in [1.82, 2.24) is 5.32 Å². The van der Waals surface area contributed by atoms with Crippen molar-refractivity contribution in [3.05, 3.63) is 33.3 Å². The predicted octanol–water partition coefficient (Wildman–Crippen LogP) is 4.91. The first-order valence-electron chi connectivity index (χ1n) is 6.92. The molecular formula is C16H24BrN. The average molecular weight is 310 g/mol. The van der Waals surface area contributed by atoms with Crippen LogP contribution in [0.1, 0.15) is 55.3 Å². The van der Waals surface area contributed by atoms with Gasteiger partial charge in [0.05, 0.1) is 0 Å². The minimum Gasteiger partial charge on any atom is -0.313 e. The van der Waals surface area contributed by atoms with Gasteiger partial charge in [-0.3, -0.25) is 0 Å². The van der Waals surface area contributed by atoms with E-state index in [-0.39, 0.29) is 0 Å². The first-order valence-corrected chi connectivity index (χ1v) is 7.71. The molecule has 2 heteroatoms. The van der Waals surface area contributed by atoms with Crippen molar-refractivity contribution < 1.29 is 0 Å². The maximum absolute atomic E-state index is 3.63. The fourth-order valence-corrected chi connectivity index (χ4v) is 3.92. The molecule has 1 nitrogen and oxygen atoms in total. The Bertz CT molecular complexity index is 433. The first kappa shape index (κ1) is 14.1. The number of aryl methyl sites for hydroxylation is 2. The molecular weight excluding hydrogens is 286 g/mol. The summed E-state index contributed by atoms with van der Waals surface area (Å²) in [4.78, 5) is 0. The molecule has 0 amide bonds. The van der Waals surface area contributed by atoms with E-state index in [1.165, 1.54) is 46.8 Å². The summed E-state index contributed by atoms with van der Waals surface area (Å²) in [7, 11) is 2.10. The van der Waals surface area contributed by atoms with E-state index in [9.17, 15) is 0 Å². The van der Waals surface area contributed by atoms with Gasteiger partial charge in [0.25, 0.3) is 0 Å². The van der Waals surface area contributed by atoms with E-state index in [1.54, 1.807) is 0 Å². The van der Waals surface area contributed by atoms with Gasteiger partial charge in [-0.2, -0.15) is 0 Å². The van der Waals surface area contributed by atoms with Crippen molar-refractivity contribution in [2.24, 2.45) is 5.41 Å². The molecule has 0 spiro atoms. The van der Waals surface area contributed by atoms with Crippen LogP contribution >= 0.6 is 15.9 Å². The average Bonchev–Trinajstić information content (AvgIpc) is 2.74. The summed E-state index contributed by atoms with van der Waals surface area (Å²) in [6, 6.07) is 5.09. The molecule has 0 aliphatic heterocycles. The molecule has 2 rings (SSSR count). The van der Waals surface area contributed by atoms with Crippen LogP contribution in [0.2, 0.25) is 0 Å². The highest BCUT2D eigenvalue weighted by Crippen LogP contribution is 2.48. The molecule has 0 aromatic heterocycles. The van der Waals surface area contributed by atoms with Crippen LogP contribution < -0.4 is 5.32 Å². The van der Waals surface area contributed by atoms with Crippen molar-refractivity contribution in [2.45, 2.75) is 52.5 Å². The Morgan fingerprint density at radius 2 is 1.78 bits per heavy atom. The van der Waals surface area contributed by atoms with Crippen molar-refractivity contribution in [3.8, 4) is 0 Å². The normalized spacial score (nSPS) is 20.1. The number of hydrogen-bond acceptors (Lipinski definition) is 1. The Kier molecular flexibility index (Phi) is 4.18. The molecule has 0 bridgehead atoms. The fraction of sp³-hybridized carbons (Fsp3) is 0.625. The van der Waals surface area contributed by atoms with Gasteiger partial charge in [0, 0.05) is 10.5 Å². The van der Waals surface area contributed by atoms with Crippen LogP contribution in [0.3, 0.4) is 0 Å². The van der Waals surface area contributed by atoms with Gasteiger partial charge < -0.3 is 5.32 Å². The predicted molar refractivity (Wildman–Crippen MR) is 82.0 cm³/mol. The lowest BCUT2D eigenvalue weighted by Gasteiger charge is -2.35. The third-order valence-electron chi connectivity index (χ3n) is 4.59.